The van der Waals surface area contributed by atoms with E-state index in [1.807, 2.05) is 0 Å². The highest BCUT2D eigenvalue weighted by Crippen LogP contribution is 2.37. The van der Waals surface area contributed by atoms with Gasteiger partial charge in [-0.05, 0) is 39.8 Å². The fraction of sp³-hybridized carbons (Fsp3) is 0.412. The molecular weight excluding hydrogens is 368 g/mol. The van der Waals surface area contributed by atoms with Crippen LogP contribution >= 0.6 is 11.6 Å². The van der Waals surface area contributed by atoms with Gasteiger partial charge in [-0.3, -0.25) is 9.59 Å². The second-order valence-electron chi connectivity index (χ2n) is 5.57. The third-order valence-electron chi connectivity index (χ3n) is 3.05. The number of carbonyl (C=O) groups is 2. The third-order valence-corrected chi connectivity index (χ3v) is 4.55. The number of hydrogen-bond acceptors (Lipinski definition) is 6. The summed E-state index contributed by atoms with van der Waals surface area (Å²) in [5, 5.41) is -0.162. The molecule has 0 amide bonds. The Morgan fingerprint density at radius 2 is 1.88 bits per heavy atom. The van der Waals surface area contributed by atoms with Crippen LogP contribution in [0.15, 0.2) is 28.9 Å². The monoisotopic (exact) mass is 388 g/mol. The van der Waals surface area contributed by atoms with Gasteiger partial charge in [-0.15, -0.1) is 0 Å². The number of hydrogen-bond donors (Lipinski definition) is 0. The van der Waals surface area contributed by atoms with Crippen molar-refractivity contribution in [2.45, 2.75) is 38.7 Å². The molecule has 6 nitrogen and oxygen atoms in total. The van der Waals surface area contributed by atoms with Crippen LogP contribution in [0.25, 0.3) is 0 Å². The summed E-state index contributed by atoms with van der Waals surface area (Å²) >= 11 is 6.25. The number of rotatable bonds is 8. The van der Waals surface area contributed by atoms with E-state index in [0.717, 1.165) is 12.5 Å². The van der Waals surface area contributed by atoms with Crippen molar-refractivity contribution in [3.05, 3.63) is 34.6 Å². The molecule has 25 heavy (non-hydrogen) atoms. The first-order chi connectivity index (χ1) is 11.5. The Morgan fingerprint density at radius 1 is 1.28 bits per heavy atom. The van der Waals surface area contributed by atoms with Gasteiger partial charge in [-0.1, -0.05) is 11.6 Å². The van der Waals surface area contributed by atoms with E-state index in [-0.39, 0.29) is 39.5 Å². The smallest absolute Gasteiger partial charge is 0.201 e. The maximum absolute atomic E-state index is 12.7. The molecule has 0 atom stereocenters. The predicted molar refractivity (Wildman–Crippen MR) is 95.0 cm³/mol. The molecule has 0 fully saturated rings. The molecule has 0 aliphatic rings. The summed E-state index contributed by atoms with van der Waals surface area (Å²) in [4.78, 5) is 24.3. The summed E-state index contributed by atoms with van der Waals surface area (Å²) in [6.07, 6.45) is 1.73. The van der Waals surface area contributed by atoms with Crippen LogP contribution in [0.5, 0.6) is 5.75 Å². The van der Waals surface area contributed by atoms with E-state index >= 15 is 0 Å². The fourth-order valence-electron chi connectivity index (χ4n) is 1.96. The SMILES string of the molecule is CCO/C=C(\C(C)=O)C(=O)c1ccc(S(C)(=O)=O)c(OC(C)C)c1Cl. The molecule has 1 rings (SSSR count). The van der Waals surface area contributed by atoms with Crippen molar-refractivity contribution in [1.82, 2.24) is 0 Å². The van der Waals surface area contributed by atoms with Gasteiger partial charge in [-0.2, -0.15) is 0 Å². The van der Waals surface area contributed by atoms with Gasteiger partial charge in [0, 0.05) is 11.8 Å². The van der Waals surface area contributed by atoms with Crippen LogP contribution in [0.4, 0.5) is 0 Å². The average molecular weight is 389 g/mol. The molecular formula is C17H21ClO6S. The molecule has 0 bridgehead atoms. The minimum atomic E-state index is -3.62. The quantitative estimate of drug-likeness (QED) is 0.223. The normalized spacial score (nSPS) is 12.2. The first kappa shape index (κ1) is 21.2. The summed E-state index contributed by atoms with van der Waals surface area (Å²) in [5.74, 6) is -1.27. The van der Waals surface area contributed by atoms with Crippen molar-refractivity contribution in [3.8, 4) is 5.75 Å². The fourth-order valence-corrected chi connectivity index (χ4v) is 3.11. The molecule has 0 spiro atoms. The standard InChI is InChI=1S/C17H21ClO6S/c1-6-23-9-13(11(4)19)16(20)12-7-8-14(25(5,21)22)17(15(12)18)24-10(2)3/h7-10H,6H2,1-5H3/b13-9+. The summed E-state index contributed by atoms with van der Waals surface area (Å²) in [6.45, 7) is 6.63. The van der Waals surface area contributed by atoms with Gasteiger partial charge in [0.1, 0.15) is 4.90 Å². The number of allylic oxidation sites excluding steroid dienone is 1. The topological polar surface area (TPSA) is 86.7 Å². The lowest BCUT2D eigenvalue weighted by molar-refractivity contribution is -0.113. The lowest BCUT2D eigenvalue weighted by Gasteiger charge is -2.17. The highest BCUT2D eigenvalue weighted by molar-refractivity contribution is 7.90. The molecule has 0 saturated carbocycles. The summed E-state index contributed by atoms with van der Waals surface area (Å²) < 4.78 is 34.4. The largest absolute Gasteiger partial charge is 0.501 e. The Labute approximate surface area is 152 Å². The lowest BCUT2D eigenvalue weighted by atomic mass is 10.0. The number of benzene rings is 1. The van der Waals surface area contributed by atoms with Gasteiger partial charge in [0.05, 0.1) is 29.6 Å². The Balaban J connectivity index is 3.57. The number of halogens is 1. The molecule has 0 heterocycles. The molecule has 0 aliphatic carbocycles. The van der Waals surface area contributed by atoms with Crippen LogP contribution in [0.2, 0.25) is 5.02 Å². The van der Waals surface area contributed by atoms with Crippen LogP contribution < -0.4 is 4.74 Å². The van der Waals surface area contributed by atoms with E-state index in [1.54, 1.807) is 20.8 Å². The first-order valence-corrected chi connectivity index (χ1v) is 9.84. The Hall–Kier alpha value is -1.86. The van der Waals surface area contributed by atoms with Gasteiger partial charge in [0.15, 0.2) is 21.4 Å². The molecule has 138 valence electrons. The van der Waals surface area contributed by atoms with Crippen LogP contribution in [-0.4, -0.2) is 39.0 Å². The zero-order valence-corrected chi connectivity index (χ0v) is 16.3. The average Bonchev–Trinajstić information content (AvgIpc) is 2.47. The highest BCUT2D eigenvalue weighted by atomic mass is 35.5. The second-order valence-corrected chi connectivity index (χ2v) is 7.93. The van der Waals surface area contributed by atoms with Gasteiger partial charge < -0.3 is 9.47 Å². The van der Waals surface area contributed by atoms with E-state index in [2.05, 4.69) is 0 Å². The predicted octanol–water partition coefficient (Wildman–Crippen LogP) is 3.22. The summed E-state index contributed by atoms with van der Waals surface area (Å²) in [5.41, 5.74) is -0.225. The van der Waals surface area contributed by atoms with Crippen molar-refractivity contribution < 1.29 is 27.5 Å². The second kappa shape index (κ2) is 8.49. The van der Waals surface area contributed by atoms with E-state index in [9.17, 15) is 18.0 Å². The number of ketones is 2. The van der Waals surface area contributed by atoms with Crippen LogP contribution in [0, 0.1) is 0 Å². The molecule has 1 aromatic carbocycles. The van der Waals surface area contributed by atoms with Crippen molar-refractivity contribution in [3.63, 3.8) is 0 Å². The summed E-state index contributed by atoms with van der Waals surface area (Å²) in [6, 6.07) is 2.50. The van der Waals surface area contributed by atoms with E-state index in [1.165, 1.54) is 19.1 Å². The van der Waals surface area contributed by atoms with E-state index in [4.69, 9.17) is 21.1 Å². The van der Waals surface area contributed by atoms with Crippen LogP contribution in [0.1, 0.15) is 38.1 Å². The Morgan fingerprint density at radius 3 is 2.32 bits per heavy atom. The van der Waals surface area contributed by atoms with E-state index < -0.39 is 21.4 Å². The number of carbonyl (C=O) groups excluding carboxylic acids is 2. The minimum absolute atomic E-state index is 0.0362. The third kappa shape index (κ3) is 5.31. The van der Waals surface area contributed by atoms with Crippen LogP contribution in [0.3, 0.4) is 0 Å². The molecule has 0 saturated heterocycles. The zero-order chi connectivity index (χ0) is 19.4. The maximum Gasteiger partial charge on any atom is 0.201 e. The zero-order valence-electron chi connectivity index (χ0n) is 14.8. The maximum atomic E-state index is 12.7. The van der Waals surface area contributed by atoms with Gasteiger partial charge >= 0.3 is 0 Å². The van der Waals surface area contributed by atoms with E-state index in [0.29, 0.717) is 0 Å². The van der Waals surface area contributed by atoms with Gasteiger partial charge in [0.2, 0.25) is 5.78 Å². The molecule has 1 aromatic rings. The van der Waals surface area contributed by atoms with Crippen molar-refractivity contribution >= 4 is 33.0 Å². The Bertz CT molecular complexity index is 809. The molecule has 8 heteroatoms. The lowest BCUT2D eigenvalue weighted by Crippen LogP contribution is -2.15. The van der Waals surface area contributed by atoms with Gasteiger partial charge in [0.25, 0.3) is 0 Å². The van der Waals surface area contributed by atoms with Crippen molar-refractivity contribution in [2.75, 3.05) is 12.9 Å². The molecule has 0 radical (unpaired) electrons. The molecule has 0 aliphatic heterocycles. The Kier molecular flexibility index (Phi) is 7.19. The van der Waals surface area contributed by atoms with Crippen molar-refractivity contribution in [1.29, 1.82) is 0 Å². The highest BCUT2D eigenvalue weighted by Gasteiger charge is 2.26. The molecule has 0 aromatic heterocycles. The number of ether oxygens (including phenoxy) is 2. The molecule has 0 unspecified atom stereocenters. The minimum Gasteiger partial charge on any atom is -0.501 e. The first-order valence-electron chi connectivity index (χ1n) is 7.57. The number of sulfone groups is 1. The van der Waals surface area contributed by atoms with Gasteiger partial charge in [-0.25, -0.2) is 8.42 Å². The summed E-state index contributed by atoms with van der Waals surface area (Å²) in [7, 11) is -3.62. The number of Topliss-reactive ketones (excluding diaryl/α,β-unsaturated/α-hetero) is 2. The van der Waals surface area contributed by atoms with Crippen LogP contribution in [-0.2, 0) is 19.4 Å². The van der Waals surface area contributed by atoms with Crippen molar-refractivity contribution in [2.24, 2.45) is 0 Å². The molecule has 0 N–H and O–H groups in total.